The van der Waals surface area contributed by atoms with Gasteiger partial charge < -0.3 is 10.1 Å². The van der Waals surface area contributed by atoms with Crippen LogP contribution >= 0.6 is 0 Å². The number of hydrogen-bond donors (Lipinski definition) is 1. The molecule has 1 saturated carbocycles. The van der Waals surface area contributed by atoms with E-state index in [4.69, 9.17) is 4.74 Å². The molecule has 2 aliphatic rings. The Balaban J connectivity index is 1.64. The molecule has 1 aliphatic carbocycles. The molecular formula is C15H24N4O2. The van der Waals surface area contributed by atoms with E-state index in [1.807, 2.05) is 11.7 Å². The van der Waals surface area contributed by atoms with Crippen LogP contribution in [0.15, 0.2) is 0 Å². The van der Waals surface area contributed by atoms with E-state index in [0.717, 1.165) is 37.7 Å². The summed E-state index contributed by atoms with van der Waals surface area (Å²) >= 11 is 0. The van der Waals surface area contributed by atoms with Crippen molar-refractivity contribution in [2.75, 3.05) is 26.7 Å². The fourth-order valence-electron chi connectivity index (χ4n) is 2.87. The van der Waals surface area contributed by atoms with Gasteiger partial charge >= 0.3 is 0 Å². The quantitative estimate of drug-likeness (QED) is 0.827. The third-order valence-corrected chi connectivity index (χ3v) is 4.34. The van der Waals surface area contributed by atoms with Crippen molar-refractivity contribution in [2.24, 2.45) is 13.0 Å². The van der Waals surface area contributed by atoms with Crippen molar-refractivity contribution in [3.8, 4) is 0 Å². The van der Waals surface area contributed by atoms with E-state index >= 15 is 0 Å². The smallest absolute Gasteiger partial charge is 0.233 e. The molecule has 0 bridgehead atoms. The molecule has 2 heterocycles. The molecule has 6 heteroatoms. The highest BCUT2D eigenvalue weighted by molar-refractivity contribution is 5.77. The Hall–Kier alpha value is -1.40. The van der Waals surface area contributed by atoms with Gasteiger partial charge in [-0.15, -0.1) is 0 Å². The molecule has 0 aromatic carbocycles. The SMILES string of the molecule is CNC(=O)CN1CCc2c(c(COCC3CC3)nn2C)C1. The van der Waals surface area contributed by atoms with Gasteiger partial charge in [0, 0.05) is 51.5 Å². The molecule has 21 heavy (non-hydrogen) atoms. The van der Waals surface area contributed by atoms with Crippen LogP contribution < -0.4 is 5.32 Å². The number of carbonyl (C=O) groups excluding carboxylic acids is 1. The first-order chi connectivity index (χ1) is 10.2. The van der Waals surface area contributed by atoms with Crippen LogP contribution in [0.3, 0.4) is 0 Å². The zero-order valence-corrected chi connectivity index (χ0v) is 12.9. The Labute approximate surface area is 125 Å². The third-order valence-electron chi connectivity index (χ3n) is 4.34. The van der Waals surface area contributed by atoms with Crippen LogP contribution in [-0.4, -0.2) is 47.3 Å². The molecule has 3 rings (SSSR count). The number of aryl methyl sites for hydroxylation is 1. The Morgan fingerprint density at radius 3 is 3.00 bits per heavy atom. The summed E-state index contributed by atoms with van der Waals surface area (Å²) in [6.07, 6.45) is 3.55. The van der Waals surface area contributed by atoms with Crippen molar-refractivity contribution in [1.29, 1.82) is 0 Å². The number of likely N-dealkylation sites (N-methyl/N-ethyl adjacent to an activating group) is 1. The van der Waals surface area contributed by atoms with Crippen LogP contribution in [0.25, 0.3) is 0 Å². The van der Waals surface area contributed by atoms with Crippen LogP contribution in [0, 0.1) is 5.92 Å². The summed E-state index contributed by atoms with van der Waals surface area (Å²) in [4.78, 5) is 13.7. The summed E-state index contributed by atoms with van der Waals surface area (Å²) in [5.74, 6) is 0.836. The van der Waals surface area contributed by atoms with Crippen LogP contribution in [0.2, 0.25) is 0 Å². The maximum absolute atomic E-state index is 11.5. The zero-order chi connectivity index (χ0) is 14.8. The predicted octanol–water partition coefficient (Wildman–Crippen LogP) is 0.451. The fraction of sp³-hybridized carbons (Fsp3) is 0.733. The average Bonchev–Trinajstić information content (AvgIpc) is 3.25. The third kappa shape index (κ3) is 3.44. The molecule has 0 atom stereocenters. The predicted molar refractivity (Wildman–Crippen MR) is 78.6 cm³/mol. The van der Waals surface area contributed by atoms with Gasteiger partial charge in [-0.1, -0.05) is 0 Å². The molecule has 1 fully saturated rings. The van der Waals surface area contributed by atoms with Crippen molar-refractivity contribution in [3.63, 3.8) is 0 Å². The van der Waals surface area contributed by atoms with E-state index in [-0.39, 0.29) is 5.91 Å². The molecule has 0 spiro atoms. The van der Waals surface area contributed by atoms with Crippen molar-refractivity contribution >= 4 is 5.91 Å². The summed E-state index contributed by atoms with van der Waals surface area (Å²) in [6.45, 7) is 3.59. The second kappa shape index (κ2) is 6.15. The molecule has 0 radical (unpaired) electrons. The van der Waals surface area contributed by atoms with Gasteiger partial charge in [0.25, 0.3) is 0 Å². The van der Waals surface area contributed by atoms with E-state index in [9.17, 15) is 4.79 Å². The first-order valence-electron chi connectivity index (χ1n) is 7.71. The van der Waals surface area contributed by atoms with Gasteiger partial charge in [-0.2, -0.15) is 5.10 Å². The van der Waals surface area contributed by atoms with Gasteiger partial charge in [-0.3, -0.25) is 14.4 Å². The summed E-state index contributed by atoms with van der Waals surface area (Å²) in [5, 5.41) is 7.29. The number of hydrogen-bond acceptors (Lipinski definition) is 4. The topological polar surface area (TPSA) is 59.4 Å². The minimum Gasteiger partial charge on any atom is -0.375 e. The van der Waals surface area contributed by atoms with Crippen LogP contribution in [0.4, 0.5) is 0 Å². The van der Waals surface area contributed by atoms with Gasteiger partial charge in [0.1, 0.15) is 0 Å². The van der Waals surface area contributed by atoms with Crippen molar-refractivity contribution in [2.45, 2.75) is 32.4 Å². The second-order valence-corrected chi connectivity index (χ2v) is 6.09. The van der Waals surface area contributed by atoms with Gasteiger partial charge in [-0.05, 0) is 18.8 Å². The number of nitrogens with zero attached hydrogens (tertiary/aromatic N) is 3. The van der Waals surface area contributed by atoms with Crippen molar-refractivity contribution < 1.29 is 9.53 Å². The van der Waals surface area contributed by atoms with Gasteiger partial charge in [0.2, 0.25) is 5.91 Å². The maximum Gasteiger partial charge on any atom is 0.233 e. The van der Waals surface area contributed by atoms with Crippen LogP contribution in [0.5, 0.6) is 0 Å². The Morgan fingerprint density at radius 2 is 2.29 bits per heavy atom. The summed E-state index contributed by atoms with van der Waals surface area (Å²) in [5.41, 5.74) is 3.58. The van der Waals surface area contributed by atoms with Crippen LogP contribution in [0.1, 0.15) is 29.8 Å². The first-order valence-corrected chi connectivity index (χ1v) is 7.71. The van der Waals surface area contributed by atoms with Crippen LogP contribution in [-0.2, 0) is 36.2 Å². The highest BCUT2D eigenvalue weighted by Gasteiger charge is 2.26. The molecule has 0 unspecified atom stereocenters. The molecular weight excluding hydrogens is 268 g/mol. The monoisotopic (exact) mass is 292 g/mol. The lowest BCUT2D eigenvalue weighted by Gasteiger charge is -2.26. The molecule has 1 aromatic heterocycles. The van der Waals surface area contributed by atoms with Gasteiger partial charge in [-0.25, -0.2) is 0 Å². The largest absolute Gasteiger partial charge is 0.375 e. The van der Waals surface area contributed by atoms with E-state index in [0.29, 0.717) is 13.2 Å². The van der Waals surface area contributed by atoms with E-state index in [1.54, 1.807) is 7.05 Å². The Bertz CT molecular complexity index is 522. The van der Waals surface area contributed by atoms with Gasteiger partial charge in [0.15, 0.2) is 0 Å². The molecule has 6 nitrogen and oxygen atoms in total. The highest BCUT2D eigenvalue weighted by atomic mass is 16.5. The molecule has 1 aliphatic heterocycles. The van der Waals surface area contributed by atoms with E-state index in [2.05, 4.69) is 15.3 Å². The molecule has 1 aromatic rings. The van der Waals surface area contributed by atoms with Crippen molar-refractivity contribution in [3.05, 3.63) is 17.0 Å². The van der Waals surface area contributed by atoms with E-state index in [1.165, 1.54) is 24.1 Å². The molecule has 116 valence electrons. The number of rotatable bonds is 6. The number of amides is 1. The lowest BCUT2D eigenvalue weighted by molar-refractivity contribution is -0.121. The normalized spacial score (nSPS) is 18.6. The summed E-state index contributed by atoms with van der Waals surface area (Å²) in [6, 6.07) is 0. The Morgan fingerprint density at radius 1 is 1.48 bits per heavy atom. The molecule has 0 saturated heterocycles. The summed E-state index contributed by atoms with van der Waals surface area (Å²) < 4.78 is 7.76. The number of aromatic nitrogens is 2. The lowest BCUT2D eigenvalue weighted by Crippen LogP contribution is -2.39. The number of ether oxygens (including phenoxy) is 1. The second-order valence-electron chi connectivity index (χ2n) is 6.09. The van der Waals surface area contributed by atoms with Gasteiger partial charge in [0.05, 0.1) is 18.8 Å². The number of fused-ring (bicyclic) bond motifs is 1. The Kier molecular flexibility index (Phi) is 4.26. The molecule has 1 amide bonds. The highest BCUT2D eigenvalue weighted by Crippen LogP contribution is 2.29. The van der Waals surface area contributed by atoms with E-state index < -0.39 is 0 Å². The number of nitrogens with one attached hydrogen (secondary N) is 1. The fourth-order valence-corrected chi connectivity index (χ4v) is 2.87. The standard InChI is InChI=1S/C15H24N4O2/c1-16-15(20)8-19-6-5-14-12(7-19)13(17-18(14)2)10-21-9-11-3-4-11/h11H,3-10H2,1-2H3,(H,16,20). The molecule has 1 N–H and O–H groups in total. The first kappa shape index (κ1) is 14.5. The maximum atomic E-state index is 11.5. The lowest BCUT2D eigenvalue weighted by atomic mass is 10.1. The average molecular weight is 292 g/mol. The minimum atomic E-state index is 0.0638. The minimum absolute atomic E-state index is 0.0638. The number of carbonyl (C=O) groups is 1. The summed E-state index contributed by atoms with van der Waals surface area (Å²) in [7, 11) is 3.68. The zero-order valence-electron chi connectivity index (χ0n) is 12.9. The van der Waals surface area contributed by atoms with Crippen molar-refractivity contribution in [1.82, 2.24) is 20.0 Å².